The van der Waals surface area contributed by atoms with Crippen LogP contribution < -0.4 is 0 Å². The zero-order chi connectivity index (χ0) is 18.1. The molecule has 0 saturated carbocycles. The molecule has 0 amide bonds. The number of nitrogens with zero attached hydrogens (tertiary/aromatic N) is 3. The van der Waals surface area contributed by atoms with E-state index in [-0.39, 0.29) is 0 Å². The maximum Gasteiger partial charge on any atom is 0.252 e. The van der Waals surface area contributed by atoms with Gasteiger partial charge in [0, 0.05) is 36.6 Å². The smallest absolute Gasteiger partial charge is 0.252 e. The van der Waals surface area contributed by atoms with Crippen molar-refractivity contribution < 1.29 is 12.9 Å². The van der Waals surface area contributed by atoms with Gasteiger partial charge >= 0.3 is 0 Å². The van der Waals surface area contributed by atoms with Gasteiger partial charge in [-0.1, -0.05) is 5.16 Å². The number of piperidine rings is 1. The number of thiophene rings is 1. The molecule has 2 aromatic rings. The molecule has 0 spiro atoms. The van der Waals surface area contributed by atoms with Gasteiger partial charge in [-0.3, -0.25) is 0 Å². The monoisotopic (exact) mass is 395 g/mol. The molecule has 6 nitrogen and oxygen atoms in total. The van der Waals surface area contributed by atoms with Crippen molar-refractivity contribution in [3.63, 3.8) is 0 Å². The summed E-state index contributed by atoms with van der Waals surface area (Å²) in [5.41, 5.74) is 1.57. The van der Waals surface area contributed by atoms with Gasteiger partial charge in [0.2, 0.25) is 0 Å². The minimum Gasteiger partial charge on any atom is -0.356 e. The minimum atomic E-state index is -3.44. The second kappa shape index (κ2) is 7.42. The molecule has 2 fully saturated rings. The highest BCUT2D eigenvalue weighted by molar-refractivity contribution is 7.91. The van der Waals surface area contributed by atoms with Crippen molar-refractivity contribution in [3.8, 4) is 11.3 Å². The zero-order valence-corrected chi connectivity index (χ0v) is 16.7. The van der Waals surface area contributed by atoms with Crippen LogP contribution in [0.1, 0.15) is 31.4 Å². The van der Waals surface area contributed by atoms with Crippen molar-refractivity contribution in [2.45, 2.75) is 36.8 Å². The topological polar surface area (TPSA) is 66.7 Å². The molecule has 1 atom stereocenters. The van der Waals surface area contributed by atoms with Crippen molar-refractivity contribution in [2.75, 3.05) is 32.7 Å². The van der Waals surface area contributed by atoms with E-state index in [0.29, 0.717) is 29.0 Å². The number of likely N-dealkylation sites (tertiary alicyclic amines) is 1. The van der Waals surface area contributed by atoms with E-state index >= 15 is 0 Å². The van der Waals surface area contributed by atoms with Gasteiger partial charge in [0.1, 0.15) is 4.21 Å². The average molecular weight is 396 g/mol. The fourth-order valence-electron chi connectivity index (χ4n) is 3.93. The molecular formula is C18H25N3O3S2. The van der Waals surface area contributed by atoms with Crippen LogP contribution in [0.15, 0.2) is 26.2 Å². The summed E-state index contributed by atoms with van der Waals surface area (Å²) in [5, 5.41) is 5.71. The first-order valence-corrected chi connectivity index (χ1v) is 11.6. The van der Waals surface area contributed by atoms with Gasteiger partial charge in [-0.25, -0.2) is 8.42 Å². The van der Waals surface area contributed by atoms with E-state index in [1.165, 1.54) is 24.2 Å². The van der Waals surface area contributed by atoms with Crippen LogP contribution in [0, 0.1) is 12.8 Å². The molecule has 0 bridgehead atoms. The molecule has 26 heavy (non-hydrogen) atoms. The van der Waals surface area contributed by atoms with Crippen LogP contribution >= 0.6 is 11.3 Å². The Morgan fingerprint density at radius 1 is 1.23 bits per heavy atom. The van der Waals surface area contributed by atoms with Crippen LogP contribution in [0.25, 0.3) is 11.3 Å². The maximum absolute atomic E-state index is 13.1. The molecule has 1 unspecified atom stereocenters. The summed E-state index contributed by atoms with van der Waals surface area (Å²) in [6.07, 6.45) is 4.61. The number of aromatic nitrogens is 1. The Morgan fingerprint density at radius 3 is 2.77 bits per heavy atom. The van der Waals surface area contributed by atoms with Crippen molar-refractivity contribution in [1.82, 2.24) is 14.4 Å². The summed E-state index contributed by atoms with van der Waals surface area (Å²) < 4.78 is 33.5. The number of hydrogen-bond donors (Lipinski definition) is 0. The normalized spacial score (nSPS) is 22.9. The van der Waals surface area contributed by atoms with Crippen molar-refractivity contribution in [3.05, 3.63) is 23.2 Å². The summed E-state index contributed by atoms with van der Waals surface area (Å²) in [7, 11) is -3.44. The summed E-state index contributed by atoms with van der Waals surface area (Å²) in [6.45, 7) is 6.45. The summed E-state index contributed by atoms with van der Waals surface area (Å²) >= 11 is 1.26. The SMILES string of the molecule is Cc1cc(-c2csc(S(=O)(=O)N3CCCC(CN4CCCC4)C3)c2)on1. The van der Waals surface area contributed by atoms with Crippen LogP contribution in [0.4, 0.5) is 0 Å². The average Bonchev–Trinajstić information content (AvgIpc) is 3.36. The molecule has 0 N–H and O–H groups in total. The van der Waals surface area contributed by atoms with Crippen LogP contribution in [-0.2, 0) is 10.0 Å². The van der Waals surface area contributed by atoms with Gasteiger partial charge in [0.05, 0.1) is 5.69 Å². The summed E-state index contributed by atoms with van der Waals surface area (Å²) in [4.78, 5) is 2.48. The zero-order valence-electron chi connectivity index (χ0n) is 15.1. The molecule has 0 aromatic carbocycles. The van der Waals surface area contributed by atoms with Crippen LogP contribution in [0.5, 0.6) is 0 Å². The highest BCUT2D eigenvalue weighted by Gasteiger charge is 2.32. The number of sulfonamides is 1. The molecule has 0 radical (unpaired) electrons. The lowest BCUT2D eigenvalue weighted by Crippen LogP contribution is -2.43. The summed E-state index contributed by atoms with van der Waals surface area (Å²) in [5.74, 6) is 1.05. The maximum atomic E-state index is 13.1. The van der Waals surface area contributed by atoms with Crippen LogP contribution in [0.3, 0.4) is 0 Å². The Kier molecular flexibility index (Phi) is 5.18. The Hall–Kier alpha value is -1.22. The third-order valence-corrected chi connectivity index (χ3v) is 8.56. The molecule has 0 aliphatic carbocycles. The second-order valence-corrected chi connectivity index (χ2v) is 10.4. The lowest BCUT2D eigenvalue weighted by molar-refractivity contribution is 0.200. The number of aryl methyl sites for hydroxylation is 1. The largest absolute Gasteiger partial charge is 0.356 e. The van der Waals surface area contributed by atoms with Gasteiger partial charge < -0.3 is 9.42 Å². The third kappa shape index (κ3) is 3.74. The van der Waals surface area contributed by atoms with E-state index in [0.717, 1.165) is 43.7 Å². The molecule has 142 valence electrons. The molecular weight excluding hydrogens is 370 g/mol. The molecule has 2 aromatic heterocycles. The van der Waals surface area contributed by atoms with Crippen molar-refractivity contribution in [2.24, 2.45) is 5.92 Å². The Bertz CT molecular complexity index is 853. The Morgan fingerprint density at radius 2 is 2.04 bits per heavy atom. The predicted molar refractivity (Wildman–Crippen MR) is 102 cm³/mol. The molecule has 2 aliphatic heterocycles. The van der Waals surface area contributed by atoms with Gasteiger partial charge in [0.15, 0.2) is 5.76 Å². The lowest BCUT2D eigenvalue weighted by Gasteiger charge is -2.33. The Labute approximate surface area is 158 Å². The number of rotatable bonds is 5. The standard InChI is InChI=1S/C18H25N3O3S2/c1-14-9-17(24-19-14)16-10-18(25-13-16)26(22,23)21-8-4-5-15(12-21)11-20-6-2-3-7-20/h9-10,13,15H,2-8,11-12H2,1H3. The predicted octanol–water partition coefficient (Wildman–Crippen LogP) is 3.21. The fraction of sp³-hybridized carbons (Fsp3) is 0.611. The Balaban J connectivity index is 1.48. The molecule has 4 rings (SSSR count). The molecule has 2 saturated heterocycles. The van der Waals surface area contributed by atoms with Gasteiger partial charge in [0.25, 0.3) is 10.0 Å². The first-order valence-electron chi connectivity index (χ1n) is 9.27. The van der Waals surface area contributed by atoms with Gasteiger partial charge in [-0.15, -0.1) is 11.3 Å². The quantitative estimate of drug-likeness (QED) is 0.778. The van der Waals surface area contributed by atoms with E-state index in [1.54, 1.807) is 10.4 Å². The van der Waals surface area contributed by atoms with E-state index in [9.17, 15) is 8.42 Å². The van der Waals surface area contributed by atoms with E-state index in [2.05, 4.69) is 10.1 Å². The van der Waals surface area contributed by atoms with Gasteiger partial charge in [-0.2, -0.15) is 4.31 Å². The van der Waals surface area contributed by atoms with Crippen LogP contribution in [0.2, 0.25) is 0 Å². The second-order valence-electron chi connectivity index (χ2n) is 7.37. The van der Waals surface area contributed by atoms with Gasteiger partial charge in [-0.05, 0) is 57.7 Å². The van der Waals surface area contributed by atoms with E-state index in [4.69, 9.17) is 4.52 Å². The van der Waals surface area contributed by atoms with Crippen molar-refractivity contribution >= 4 is 21.4 Å². The fourth-order valence-corrected chi connectivity index (χ4v) is 6.81. The molecule has 4 heterocycles. The summed E-state index contributed by atoms with van der Waals surface area (Å²) in [6, 6.07) is 3.54. The van der Waals surface area contributed by atoms with Crippen LogP contribution in [-0.4, -0.2) is 55.5 Å². The highest BCUT2D eigenvalue weighted by Crippen LogP contribution is 2.32. The van der Waals surface area contributed by atoms with E-state index < -0.39 is 10.0 Å². The number of hydrogen-bond acceptors (Lipinski definition) is 6. The minimum absolute atomic E-state index is 0.392. The highest BCUT2D eigenvalue weighted by atomic mass is 32.2. The molecule has 8 heteroatoms. The third-order valence-electron chi connectivity index (χ3n) is 5.28. The first kappa shape index (κ1) is 18.2. The lowest BCUT2D eigenvalue weighted by atomic mass is 9.99. The van der Waals surface area contributed by atoms with Crippen molar-refractivity contribution in [1.29, 1.82) is 0 Å². The van der Waals surface area contributed by atoms with E-state index in [1.807, 2.05) is 18.4 Å². The first-order chi connectivity index (χ1) is 12.5. The molecule has 2 aliphatic rings.